The summed E-state index contributed by atoms with van der Waals surface area (Å²) in [6.45, 7) is 4.58. The van der Waals surface area contributed by atoms with Crippen LogP contribution in [0.4, 0.5) is 5.95 Å². The Bertz CT molecular complexity index is 1300. The van der Waals surface area contributed by atoms with Crippen LogP contribution in [0.2, 0.25) is 0 Å². The summed E-state index contributed by atoms with van der Waals surface area (Å²) in [5, 5.41) is 23.2. The number of anilines is 1. The number of nitriles is 1. The zero-order valence-corrected chi connectivity index (χ0v) is 19.2. The lowest BCUT2D eigenvalue weighted by Gasteiger charge is -2.18. The first-order chi connectivity index (χ1) is 15.9. The molecule has 0 saturated heterocycles. The summed E-state index contributed by atoms with van der Waals surface area (Å²) in [4.78, 5) is 15.5. The number of aromatic nitrogens is 4. The maximum atomic E-state index is 10.3. The van der Waals surface area contributed by atoms with E-state index in [0.717, 1.165) is 28.0 Å². The number of benzene rings is 1. The fourth-order valence-corrected chi connectivity index (χ4v) is 3.79. The van der Waals surface area contributed by atoms with E-state index in [1.54, 1.807) is 6.20 Å². The SMILES string of the molecule is Cc1cccn2c(-c3nc(NC(C)c4ccc([C@H](O)CN(C)C)cc4)ncc3C#N)cnc12. The van der Waals surface area contributed by atoms with Gasteiger partial charge in [0.15, 0.2) is 0 Å². The van der Waals surface area contributed by atoms with Crippen molar-refractivity contribution in [3.8, 4) is 17.5 Å². The smallest absolute Gasteiger partial charge is 0.223 e. The van der Waals surface area contributed by atoms with E-state index in [-0.39, 0.29) is 6.04 Å². The maximum Gasteiger partial charge on any atom is 0.223 e. The molecule has 0 fully saturated rings. The van der Waals surface area contributed by atoms with Gasteiger partial charge < -0.3 is 15.3 Å². The molecule has 2 atom stereocenters. The molecule has 0 aliphatic heterocycles. The number of hydrogen-bond donors (Lipinski definition) is 2. The highest BCUT2D eigenvalue weighted by molar-refractivity contribution is 5.68. The Morgan fingerprint density at radius 3 is 2.55 bits per heavy atom. The molecule has 8 nitrogen and oxygen atoms in total. The topological polar surface area (TPSA) is 102 Å². The van der Waals surface area contributed by atoms with Gasteiger partial charge in [-0.2, -0.15) is 5.26 Å². The molecule has 1 aromatic carbocycles. The van der Waals surface area contributed by atoms with E-state index in [0.29, 0.717) is 23.8 Å². The summed E-state index contributed by atoms with van der Waals surface area (Å²) < 4.78 is 1.93. The van der Waals surface area contributed by atoms with E-state index >= 15 is 0 Å². The Balaban J connectivity index is 1.59. The molecule has 0 bridgehead atoms. The van der Waals surface area contributed by atoms with E-state index in [2.05, 4.69) is 26.3 Å². The van der Waals surface area contributed by atoms with Crippen molar-refractivity contribution >= 4 is 11.6 Å². The largest absolute Gasteiger partial charge is 0.387 e. The third kappa shape index (κ3) is 4.70. The molecule has 168 valence electrons. The molecule has 0 radical (unpaired) electrons. The van der Waals surface area contributed by atoms with Crippen LogP contribution in [0.3, 0.4) is 0 Å². The molecule has 0 aliphatic carbocycles. The third-order valence-corrected chi connectivity index (χ3v) is 5.59. The van der Waals surface area contributed by atoms with Gasteiger partial charge in [-0.25, -0.2) is 15.0 Å². The Kier molecular flexibility index (Phi) is 6.36. The fourth-order valence-electron chi connectivity index (χ4n) is 3.79. The molecular weight excluding hydrogens is 414 g/mol. The van der Waals surface area contributed by atoms with Crippen molar-refractivity contribution in [1.82, 2.24) is 24.3 Å². The number of aliphatic hydroxyl groups is 1. The van der Waals surface area contributed by atoms with Crippen molar-refractivity contribution in [1.29, 1.82) is 5.26 Å². The molecule has 3 heterocycles. The number of imidazole rings is 1. The van der Waals surface area contributed by atoms with E-state index < -0.39 is 6.10 Å². The second kappa shape index (κ2) is 9.36. The third-order valence-electron chi connectivity index (χ3n) is 5.59. The first-order valence-electron chi connectivity index (χ1n) is 10.8. The lowest BCUT2D eigenvalue weighted by Crippen LogP contribution is -2.20. The predicted octanol–water partition coefficient (Wildman–Crippen LogP) is 3.74. The van der Waals surface area contributed by atoms with Crippen molar-refractivity contribution in [3.05, 3.63) is 77.2 Å². The average Bonchev–Trinajstić information content (AvgIpc) is 3.24. The van der Waals surface area contributed by atoms with Crippen molar-refractivity contribution in [2.24, 2.45) is 0 Å². The van der Waals surface area contributed by atoms with Crippen LogP contribution in [0.1, 0.15) is 41.3 Å². The van der Waals surface area contributed by atoms with E-state index in [1.807, 2.05) is 79.8 Å². The van der Waals surface area contributed by atoms with Crippen molar-refractivity contribution in [2.45, 2.75) is 26.0 Å². The zero-order valence-electron chi connectivity index (χ0n) is 19.2. The number of likely N-dealkylation sites (N-methyl/N-ethyl adjacent to an activating group) is 1. The van der Waals surface area contributed by atoms with Crippen LogP contribution in [0.25, 0.3) is 17.0 Å². The molecule has 8 heteroatoms. The summed E-state index contributed by atoms with van der Waals surface area (Å²) in [6, 6.07) is 13.9. The highest BCUT2D eigenvalue weighted by Gasteiger charge is 2.16. The first kappa shape index (κ1) is 22.4. The number of pyridine rings is 1. The molecule has 0 amide bonds. The van der Waals surface area contributed by atoms with Gasteiger partial charge in [-0.1, -0.05) is 30.3 Å². The molecule has 2 N–H and O–H groups in total. The first-order valence-corrected chi connectivity index (χ1v) is 10.8. The Morgan fingerprint density at radius 2 is 1.85 bits per heavy atom. The van der Waals surface area contributed by atoms with Gasteiger partial charge in [0.1, 0.15) is 17.4 Å². The lowest BCUT2D eigenvalue weighted by molar-refractivity contribution is 0.138. The predicted molar refractivity (Wildman–Crippen MR) is 128 cm³/mol. The maximum absolute atomic E-state index is 10.3. The van der Waals surface area contributed by atoms with Gasteiger partial charge in [0.05, 0.1) is 35.8 Å². The molecular formula is C25H27N7O. The van der Waals surface area contributed by atoms with Gasteiger partial charge in [-0.3, -0.25) is 4.40 Å². The van der Waals surface area contributed by atoms with Gasteiger partial charge in [0.2, 0.25) is 5.95 Å². The van der Waals surface area contributed by atoms with Gasteiger partial charge in [0, 0.05) is 12.7 Å². The van der Waals surface area contributed by atoms with Crippen LogP contribution < -0.4 is 5.32 Å². The summed E-state index contributed by atoms with van der Waals surface area (Å²) >= 11 is 0. The molecule has 1 unspecified atom stereocenters. The Labute approximate surface area is 193 Å². The Morgan fingerprint density at radius 1 is 1.12 bits per heavy atom. The minimum absolute atomic E-state index is 0.0738. The average molecular weight is 442 g/mol. The number of rotatable bonds is 7. The molecule has 0 aliphatic rings. The molecule has 0 spiro atoms. The van der Waals surface area contributed by atoms with E-state index in [4.69, 9.17) is 0 Å². The van der Waals surface area contributed by atoms with Crippen LogP contribution in [0.15, 0.2) is 55.0 Å². The van der Waals surface area contributed by atoms with Crippen LogP contribution in [-0.4, -0.2) is 50.0 Å². The lowest BCUT2D eigenvalue weighted by atomic mass is 10.0. The van der Waals surface area contributed by atoms with Gasteiger partial charge in [0.25, 0.3) is 0 Å². The van der Waals surface area contributed by atoms with Gasteiger partial charge >= 0.3 is 0 Å². The quantitative estimate of drug-likeness (QED) is 0.450. The molecule has 33 heavy (non-hydrogen) atoms. The van der Waals surface area contributed by atoms with Gasteiger partial charge in [-0.15, -0.1) is 0 Å². The summed E-state index contributed by atoms with van der Waals surface area (Å²) in [7, 11) is 3.87. The molecule has 4 aromatic rings. The summed E-state index contributed by atoms with van der Waals surface area (Å²) in [5.74, 6) is 0.427. The van der Waals surface area contributed by atoms with Crippen LogP contribution in [-0.2, 0) is 0 Å². The second-order valence-corrected chi connectivity index (χ2v) is 8.41. The van der Waals surface area contributed by atoms with Crippen molar-refractivity contribution in [2.75, 3.05) is 26.0 Å². The number of aliphatic hydroxyl groups excluding tert-OH is 1. The number of nitrogens with one attached hydrogen (secondary N) is 1. The summed E-state index contributed by atoms with van der Waals surface area (Å²) in [5.41, 5.74) is 5.44. The van der Waals surface area contributed by atoms with Crippen LogP contribution in [0.5, 0.6) is 0 Å². The monoisotopic (exact) mass is 441 g/mol. The van der Waals surface area contributed by atoms with Gasteiger partial charge in [-0.05, 0) is 50.7 Å². The highest BCUT2D eigenvalue weighted by atomic mass is 16.3. The van der Waals surface area contributed by atoms with Crippen molar-refractivity contribution in [3.63, 3.8) is 0 Å². The molecule has 3 aromatic heterocycles. The molecule has 4 rings (SSSR count). The fraction of sp³-hybridized carbons (Fsp3) is 0.280. The number of hydrogen-bond acceptors (Lipinski definition) is 7. The summed E-state index contributed by atoms with van der Waals surface area (Å²) in [6.07, 6.45) is 4.65. The van der Waals surface area contributed by atoms with E-state index in [9.17, 15) is 10.4 Å². The van der Waals surface area contributed by atoms with Crippen LogP contribution >= 0.6 is 0 Å². The molecule has 0 saturated carbocycles. The number of fused-ring (bicyclic) bond motifs is 1. The number of nitrogens with zero attached hydrogens (tertiary/aromatic N) is 6. The highest BCUT2D eigenvalue weighted by Crippen LogP contribution is 2.26. The zero-order chi connectivity index (χ0) is 23.5. The second-order valence-electron chi connectivity index (χ2n) is 8.41. The van der Waals surface area contributed by atoms with Crippen LogP contribution in [0, 0.1) is 18.3 Å². The van der Waals surface area contributed by atoms with E-state index in [1.165, 1.54) is 6.20 Å². The minimum atomic E-state index is -0.532. The standard InChI is InChI=1S/C25H27N7O/c1-16-6-5-11-32-21(14-27-24(16)32)23-20(12-26)13-28-25(30-23)29-17(2)18-7-9-19(10-8-18)22(33)15-31(3)4/h5-11,13-14,17,22,33H,15H2,1-4H3,(H,28,29,30)/t17?,22-/m1/s1. The Hall–Kier alpha value is -3.80. The normalized spacial score (nSPS) is 13.1. The number of aryl methyl sites for hydroxylation is 1. The minimum Gasteiger partial charge on any atom is -0.387 e. The van der Waals surface area contributed by atoms with Crippen molar-refractivity contribution < 1.29 is 5.11 Å².